The molecule has 0 saturated carbocycles. The summed E-state index contributed by atoms with van der Waals surface area (Å²) in [4.78, 5) is 5.13. The molecule has 4 heteroatoms. The molecular formula is C18H30N4. The fourth-order valence-electron chi connectivity index (χ4n) is 3.77. The monoisotopic (exact) mass is 302 g/mol. The van der Waals surface area contributed by atoms with Gasteiger partial charge in [0, 0.05) is 38.3 Å². The van der Waals surface area contributed by atoms with Crippen molar-refractivity contribution >= 4 is 0 Å². The van der Waals surface area contributed by atoms with Crippen molar-refractivity contribution in [3.63, 3.8) is 0 Å². The SMILES string of the molecule is NCCCN1CCC(NC2CCN(Cc3ccccc3)C2)C1. The first-order chi connectivity index (χ1) is 10.8. The third kappa shape index (κ3) is 4.53. The summed E-state index contributed by atoms with van der Waals surface area (Å²) in [6.45, 7) is 7.91. The standard InChI is InChI=1S/C18H30N4/c19-9-4-10-21-11-7-17(14-21)20-18-8-12-22(15-18)13-16-5-2-1-3-6-16/h1-3,5-6,17-18,20H,4,7-15,19H2. The van der Waals surface area contributed by atoms with Crippen LogP contribution in [0.15, 0.2) is 30.3 Å². The Hall–Kier alpha value is -0.940. The number of nitrogens with zero attached hydrogens (tertiary/aromatic N) is 2. The summed E-state index contributed by atoms with van der Waals surface area (Å²) in [6, 6.07) is 12.2. The molecule has 2 atom stereocenters. The molecule has 2 unspecified atom stereocenters. The van der Waals surface area contributed by atoms with Crippen LogP contribution in [0.2, 0.25) is 0 Å². The van der Waals surface area contributed by atoms with E-state index in [0.717, 1.165) is 19.5 Å². The fourth-order valence-corrected chi connectivity index (χ4v) is 3.77. The Bertz CT molecular complexity index is 436. The number of likely N-dealkylation sites (tertiary alicyclic amines) is 2. The number of nitrogens with two attached hydrogens (primary N) is 1. The van der Waals surface area contributed by atoms with Crippen LogP contribution < -0.4 is 11.1 Å². The van der Waals surface area contributed by atoms with Crippen molar-refractivity contribution in [2.45, 2.75) is 37.9 Å². The molecular weight excluding hydrogens is 272 g/mol. The molecule has 0 aromatic heterocycles. The van der Waals surface area contributed by atoms with Gasteiger partial charge in [-0.25, -0.2) is 0 Å². The van der Waals surface area contributed by atoms with Crippen LogP contribution in [0.4, 0.5) is 0 Å². The third-order valence-electron chi connectivity index (χ3n) is 4.94. The highest BCUT2D eigenvalue weighted by atomic mass is 15.2. The van der Waals surface area contributed by atoms with Crippen LogP contribution in [-0.4, -0.2) is 61.2 Å². The summed E-state index contributed by atoms with van der Waals surface area (Å²) in [6.07, 6.45) is 3.70. The van der Waals surface area contributed by atoms with Crippen LogP contribution >= 0.6 is 0 Å². The van der Waals surface area contributed by atoms with E-state index >= 15 is 0 Å². The first-order valence-corrected chi connectivity index (χ1v) is 8.78. The first kappa shape index (κ1) is 15.9. The summed E-state index contributed by atoms with van der Waals surface area (Å²) < 4.78 is 0. The van der Waals surface area contributed by atoms with E-state index < -0.39 is 0 Å². The van der Waals surface area contributed by atoms with E-state index in [1.54, 1.807) is 0 Å². The third-order valence-corrected chi connectivity index (χ3v) is 4.94. The molecule has 0 bridgehead atoms. The molecule has 1 aromatic carbocycles. The molecule has 22 heavy (non-hydrogen) atoms. The minimum atomic E-state index is 0.670. The van der Waals surface area contributed by atoms with Crippen LogP contribution in [0.3, 0.4) is 0 Å². The van der Waals surface area contributed by atoms with E-state index in [0.29, 0.717) is 12.1 Å². The van der Waals surface area contributed by atoms with Gasteiger partial charge in [-0.1, -0.05) is 30.3 Å². The predicted octanol–water partition coefficient (Wildman–Crippen LogP) is 1.27. The van der Waals surface area contributed by atoms with Gasteiger partial charge in [-0.05, 0) is 44.5 Å². The van der Waals surface area contributed by atoms with Gasteiger partial charge in [-0.2, -0.15) is 0 Å². The lowest BCUT2D eigenvalue weighted by Crippen LogP contribution is -2.41. The fraction of sp³-hybridized carbons (Fsp3) is 0.667. The van der Waals surface area contributed by atoms with Crippen LogP contribution in [-0.2, 0) is 6.54 Å². The number of rotatable bonds is 7. The molecule has 1 aromatic rings. The molecule has 2 aliphatic rings. The molecule has 122 valence electrons. The van der Waals surface area contributed by atoms with Crippen molar-refractivity contribution in [2.24, 2.45) is 5.73 Å². The van der Waals surface area contributed by atoms with Gasteiger partial charge in [0.25, 0.3) is 0 Å². The summed E-state index contributed by atoms with van der Waals surface area (Å²) in [5, 5.41) is 3.89. The summed E-state index contributed by atoms with van der Waals surface area (Å²) in [5.41, 5.74) is 7.03. The zero-order valence-electron chi connectivity index (χ0n) is 13.6. The highest BCUT2D eigenvalue weighted by molar-refractivity contribution is 5.14. The zero-order valence-corrected chi connectivity index (χ0v) is 13.6. The number of benzene rings is 1. The quantitative estimate of drug-likeness (QED) is 0.796. The Morgan fingerprint density at radius 1 is 1.00 bits per heavy atom. The van der Waals surface area contributed by atoms with E-state index in [1.165, 1.54) is 51.1 Å². The molecule has 0 aliphatic carbocycles. The normalized spacial score (nSPS) is 26.8. The van der Waals surface area contributed by atoms with E-state index in [1.807, 2.05) is 0 Å². The summed E-state index contributed by atoms with van der Waals surface area (Å²) >= 11 is 0. The Morgan fingerprint density at radius 3 is 2.41 bits per heavy atom. The van der Waals surface area contributed by atoms with Gasteiger partial charge in [0.05, 0.1) is 0 Å². The van der Waals surface area contributed by atoms with Crippen LogP contribution in [0.1, 0.15) is 24.8 Å². The molecule has 4 nitrogen and oxygen atoms in total. The van der Waals surface area contributed by atoms with E-state index in [-0.39, 0.29) is 0 Å². The summed E-state index contributed by atoms with van der Waals surface area (Å²) in [5.74, 6) is 0. The number of nitrogens with one attached hydrogen (secondary N) is 1. The second kappa shape index (κ2) is 8.06. The largest absolute Gasteiger partial charge is 0.330 e. The van der Waals surface area contributed by atoms with Gasteiger partial charge in [0.15, 0.2) is 0 Å². The Balaban J connectivity index is 1.38. The minimum Gasteiger partial charge on any atom is -0.330 e. The maximum absolute atomic E-state index is 5.60. The minimum absolute atomic E-state index is 0.670. The highest BCUT2D eigenvalue weighted by Gasteiger charge is 2.28. The van der Waals surface area contributed by atoms with Gasteiger partial charge in [-0.3, -0.25) is 4.90 Å². The van der Waals surface area contributed by atoms with Crippen molar-refractivity contribution < 1.29 is 0 Å². The van der Waals surface area contributed by atoms with Gasteiger partial charge in [0.2, 0.25) is 0 Å². The molecule has 2 saturated heterocycles. The Labute approximate surface area is 134 Å². The summed E-state index contributed by atoms with van der Waals surface area (Å²) in [7, 11) is 0. The zero-order chi connectivity index (χ0) is 15.2. The maximum atomic E-state index is 5.60. The van der Waals surface area contributed by atoms with Gasteiger partial charge in [0.1, 0.15) is 0 Å². The molecule has 2 aliphatic heterocycles. The Morgan fingerprint density at radius 2 is 1.68 bits per heavy atom. The van der Waals surface area contributed by atoms with Gasteiger partial charge >= 0.3 is 0 Å². The van der Waals surface area contributed by atoms with Crippen LogP contribution in [0.5, 0.6) is 0 Å². The number of hydrogen-bond acceptors (Lipinski definition) is 4. The van der Waals surface area contributed by atoms with Crippen molar-refractivity contribution in [1.82, 2.24) is 15.1 Å². The van der Waals surface area contributed by atoms with Crippen LogP contribution in [0.25, 0.3) is 0 Å². The highest BCUT2D eigenvalue weighted by Crippen LogP contribution is 2.16. The van der Waals surface area contributed by atoms with E-state index in [4.69, 9.17) is 5.73 Å². The van der Waals surface area contributed by atoms with Crippen molar-refractivity contribution in [3.8, 4) is 0 Å². The topological polar surface area (TPSA) is 44.5 Å². The van der Waals surface area contributed by atoms with Crippen LogP contribution in [0, 0.1) is 0 Å². The predicted molar refractivity (Wildman–Crippen MR) is 91.8 cm³/mol. The second-order valence-electron chi connectivity index (χ2n) is 6.80. The molecule has 0 radical (unpaired) electrons. The lowest BCUT2D eigenvalue weighted by Gasteiger charge is -2.21. The second-order valence-corrected chi connectivity index (χ2v) is 6.80. The Kier molecular flexibility index (Phi) is 5.84. The molecule has 2 heterocycles. The molecule has 3 rings (SSSR count). The van der Waals surface area contributed by atoms with E-state index in [9.17, 15) is 0 Å². The lowest BCUT2D eigenvalue weighted by atomic mass is 10.2. The van der Waals surface area contributed by atoms with E-state index in [2.05, 4.69) is 45.4 Å². The smallest absolute Gasteiger partial charge is 0.0234 e. The molecule has 0 spiro atoms. The molecule has 2 fully saturated rings. The van der Waals surface area contributed by atoms with Gasteiger partial charge < -0.3 is 16.0 Å². The molecule has 3 N–H and O–H groups in total. The van der Waals surface area contributed by atoms with Gasteiger partial charge in [-0.15, -0.1) is 0 Å². The average molecular weight is 302 g/mol. The average Bonchev–Trinajstić information content (AvgIpc) is 3.16. The lowest BCUT2D eigenvalue weighted by molar-refractivity contribution is 0.304. The van der Waals surface area contributed by atoms with Crippen molar-refractivity contribution in [2.75, 3.05) is 39.3 Å². The molecule has 0 amide bonds. The van der Waals surface area contributed by atoms with Crippen molar-refractivity contribution in [3.05, 3.63) is 35.9 Å². The van der Waals surface area contributed by atoms with Crippen molar-refractivity contribution in [1.29, 1.82) is 0 Å². The maximum Gasteiger partial charge on any atom is 0.0234 e. The first-order valence-electron chi connectivity index (χ1n) is 8.78. The number of hydrogen-bond donors (Lipinski definition) is 2.